The second kappa shape index (κ2) is 8.34. The average molecular weight is 312 g/mol. The first-order chi connectivity index (χ1) is 11.0. The minimum absolute atomic E-state index is 0.0526. The number of hydrogen-bond donors (Lipinski definition) is 1. The van der Waals surface area contributed by atoms with Gasteiger partial charge in [0.15, 0.2) is 0 Å². The lowest BCUT2D eigenvalue weighted by Crippen LogP contribution is -2.30. The molecule has 2 aromatic rings. The van der Waals surface area contributed by atoms with Crippen molar-refractivity contribution in [1.29, 1.82) is 0 Å². The van der Waals surface area contributed by atoms with Gasteiger partial charge in [0.05, 0.1) is 18.3 Å². The molecule has 0 aliphatic heterocycles. The first-order valence-electron chi connectivity index (χ1n) is 7.82. The Morgan fingerprint density at radius 1 is 1.09 bits per heavy atom. The van der Waals surface area contributed by atoms with Gasteiger partial charge in [-0.25, -0.2) is 0 Å². The van der Waals surface area contributed by atoms with Crippen molar-refractivity contribution in [3.63, 3.8) is 0 Å². The molecule has 23 heavy (non-hydrogen) atoms. The summed E-state index contributed by atoms with van der Waals surface area (Å²) in [5.41, 5.74) is 1.89. The van der Waals surface area contributed by atoms with E-state index in [1.807, 2.05) is 68.3 Å². The molecule has 0 heterocycles. The Hall–Kier alpha value is -2.33. The van der Waals surface area contributed by atoms with Crippen molar-refractivity contribution in [3.8, 4) is 5.75 Å². The van der Waals surface area contributed by atoms with Gasteiger partial charge in [-0.15, -0.1) is 0 Å². The quantitative estimate of drug-likeness (QED) is 0.850. The maximum absolute atomic E-state index is 12.2. The van der Waals surface area contributed by atoms with E-state index in [4.69, 9.17) is 4.74 Å². The molecular weight excluding hydrogens is 288 g/mol. The maximum Gasteiger partial charge on any atom is 0.238 e. The third kappa shape index (κ3) is 5.75. The summed E-state index contributed by atoms with van der Waals surface area (Å²) in [4.78, 5) is 14.2. The molecule has 122 valence electrons. The molecule has 4 nitrogen and oxygen atoms in total. The van der Waals surface area contributed by atoms with Crippen LogP contribution >= 0.6 is 0 Å². The fourth-order valence-corrected chi connectivity index (χ4v) is 2.31. The summed E-state index contributed by atoms with van der Waals surface area (Å²) < 4.78 is 5.72. The number of likely N-dealkylation sites (N-methyl/N-ethyl adjacent to an activating group) is 1. The first kappa shape index (κ1) is 17.0. The molecule has 0 aliphatic rings. The molecule has 0 unspecified atom stereocenters. The molecular formula is C19H24N2O2. The Morgan fingerprint density at radius 2 is 1.74 bits per heavy atom. The number of carbonyl (C=O) groups is 1. The van der Waals surface area contributed by atoms with Gasteiger partial charge < -0.3 is 10.1 Å². The number of rotatable bonds is 7. The van der Waals surface area contributed by atoms with Gasteiger partial charge in [0.2, 0.25) is 5.91 Å². The second-order valence-electron chi connectivity index (χ2n) is 5.87. The molecule has 0 aromatic heterocycles. The number of nitrogens with zero attached hydrogens (tertiary/aromatic N) is 1. The molecule has 0 saturated heterocycles. The zero-order valence-electron chi connectivity index (χ0n) is 14.0. The van der Waals surface area contributed by atoms with E-state index in [1.54, 1.807) is 0 Å². The van der Waals surface area contributed by atoms with E-state index < -0.39 is 0 Å². The van der Waals surface area contributed by atoms with Crippen LogP contribution in [-0.4, -0.2) is 30.5 Å². The van der Waals surface area contributed by atoms with Crippen molar-refractivity contribution in [1.82, 2.24) is 4.90 Å². The Bertz CT molecular complexity index is 626. The number of benzene rings is 2. The van der Waals surface area contributed by atoms with Crippen LogP contribution in [0.5, 0.6) is 5.75 Å². The first-order valence-corrected chi connectivity index (χ1v) is 7.82. The molecule has 2 rings (SSSR count). The van der Waals surface area contributed by atoms with Crippen LogP contribution < -0.4 is 10.1 Å². The third-order valence-corrected chi connectivity index (χ3v) is 3.23. The molecule has 0 radical (unpaired) electrons. The second-order valence-corrected chi connectivity index (χ2v) is 5.87. The van der Waals surface area contributed by atoms with E-state index in [-0.39, 0.29) is 12.0 Å². The monoisotopic (exact) mass is 312 g/mol. The normalized spacial score (nSPS) is 10.8. The van der Waals surface area contributed by atoms with Crippen LogP contribution in [-0.2, 0) is 11.3 Å². The van der Waals surface area contributed by atoms with Gasteiger partial charge in [0.25, 0.3) is 0 Å². The highest BCUT2D eigenvalue weighted by molar-refractivity contribution is 5.93. The minimum atomic E-state index is -0.0526. The van der Waals surface area contributed by atoms with Gasteiger partial charge in [0.1, 0.15) is 5.75 Å². The van der Waals surface area contributed by atoms with Crippen LogP contribution in [0.25, 0.3) is 0 Å². The molecule has 0 fully saturated rings. The van der Waals surface area contributed by atoms with Gasteiger partial charge in [-0.3, -0.25) is 9.69 Å². The number of nitrogens with one attached hydrogen (secondary N) is 1. The van der Waals surface area contributed by atoms with Crippen LogP contribution in [0.15, 0.2) is 54.6 Å². The fourth-order valence-electron chi connectivity index (χ4n) is 2.31. The number of carbonyl (C=O) groups excluding carboxylic acids is 1. The van der Waals surface area contributed by atoms with E-state index in [2.05, 4.69) is 17.4 Å². The summed E-state index contributed by atoms with van der Waals surface area (Å²) in [6.45, 7) is 4.99. The molecule has 0 saturated carbocycles. The smallest absolute Gasteiger partial charge is 0.238 e. The Kier molecular flexibility index (Phi) is 6.18. The fraction of sp³-hybridized carbons (Fsp3) is 0.316. The zero-order chi connectivity index (χ0) is 16.7. The van der Waals surface area contributed by atoms with Gasteiger partial charge in [0, 0.05) is 6.54 Å². The van der Waals surface area contributed by atoms with Crippen LogP contribution in [0.1, 0.15) is 19.4 Å². The lowest BCUT2D eigenvalue weighted by Gasteiger charge is -2.18. The van der Waals surface area contributed by atoms with Gasteiger partial charge in [-0.05, 0) is 38.6 Å². The largest absolute Gasteiger partial charge is 0.489 e. The molecule has 0 aliphatic carbocycles. The predicted octanol–water partition coefficient (Wildman–Crippen LogP) is 3.54. The number of anilines is 1. The summed E-state index contributed by atoms with van der Waals surface area (Å²) in [7, 11) is 1.93. The summed E-state index contributed by atoms with van der Waals surface area (Å²) in [6, 6.07) is 17.6. The summed E-state index contributed by atoms with van der Waals surface area (Å²) >= 11 is 0. The topological polar surface area (TPSA) is 41.6 Å². The number of para-hydroxylation sites is 2. The Morgan fingerprint density at radius 3 is 2.43 bits per heavy atom. The maximum atomic E-state index is 12.2. The van der Waals surface area contributed by atoms with Gasteiger partial charge >= 0.3 is 0 Å². The van der Waals surface area contributed by atoms with E-state index >= 15 is 0 Å². The number of amides is 1. The third-order valence-electron chi connectivity index (χ3n) is 3.23. The number of hydrogen-bond acceptors (Lipinski definition) is 3. The summed E-state index contributed by atoms with van der Waals surface area (Å²) in [6.07, 6.45) is 0.0637. The lowest BCUT2D eigenvalue weighted by molar-refractivity contribution is -0.117. The van der Waals surface area contributed by atoms with Crippen LogP contribution in [0, 0.1) is 0 Å². The van der Waals surface area contributed by atoms with Crippen molar-refractivity contribution in [2.24, 2.45) is 0 Å². The molecule has 1 amide bonds. The van der Waals surface area contributed by atoms with E-state index in [1.165, 1.54) is 5.56 Å². The molecule has 4 heteroatoms. The Labute approximate surface area is 138 Å². The van der Waals surface area contributed by atoms with Crippen LogP contribution in [0.4, 0.5) is 5.69 Å². The zero-order valence-corrected chi connectivity index (χ0v) is 14.0. The molecule has 0 spiro atoms. The molecule has 1 N–H and O–H groups in total. The molecule has 2 aromatic carbocycles. The van der Waals surface area contributed by atoms with Crippen LogP contribution in [0.2, 0.25) is 0 Å². The standard InChI is InChI=1S/C19H24N2O2/c1-15(2)23-18-12-8-7-11-17(18)20-19(22)14-21(3)13-16-9-5-4-6-10-16/h4-12,15H,13-14H2,1-3H3,(H,20,22). The lowest BCUT2D eigenvalue weighted by atomic mass is 10.2. The van der Waals surface area contributed by atoms with Crippen molar-refractivity contribution >= 4 is 11.6 Å². The predicted molar refractivity (Wildman–Crippen MR) is 93.6 cm³/mol. The van der Waals surface area contributed by atoms with E-state index in [9.17, 15) is 4.79 Å². The van der Waals surface area contributed by atoms with Crippen LogP contribution in [0.3, 0.4) is 0 Å². The molecule has 0 bridgehead atoms. The minimum Gasteiger partial charge on any atom is -0.489 e. The van der Waals surface area contributed by atoms with E-state index in [0.717, 1.165) is 6.54 Å². The van der Waals surface area contributed by atoms with Gasteiger partial charge in [-0.2, -0.15) is 0 Å². The average Bonchev–Trinajstić information content (AvgIpc) is 2.49. The Balaban J connectivity index is 1.92. The van der Waals surface area contributed by atoms with Crippen molar-refractivity contribution in [2.45, 2.75) is 26.5 Å². The highest BCUT2D eigenvalue weighted by Gasteiger charge is 2.11. The highest BCUT2D eigenvalue weighted by atomic mass is 16.5. The summed E-state index contributed by atoms with van der Waals surface area (Å²) in [5, 5.41) is 2.93. The van der Waals surface area contributed by atoms with Crippen molar-refractivity contribution in [3.05, 3.63) is 60.2 Å². The van der Waals surface area contributed by atoms with Gasteiger partial charge in [-0.1, -0.05) is 42.5 Å². The highest BCUT2D eigenvalue weighted by Crippen LogP contribution is 2.24. The number of ether oxygens (including phenoxy) is 1. The molecule has 0 atom stereocenters. The summed E-state index contributed by atoms with van der Waals surface area (Å²) in [5.74, 6) is 0.643. The van der Waals surface area contributed by atoms with Crippen molar-refractivity contribution in [2.75, 3.05) is 18.9 Å². The van der Waals surface area contributed by atoms with Crippen molar-refractivity contribution < 1.29 is 9.53 Å². The SMILES string of the molecule is CC(C)Oc1ccccc1NC(=O)CN(C)Cc1ccccc1. The van der Waals surface area contributed by atoms with E-state index in [0.29, 0.717) is 18.0 Å².